The molecule has 0 heterocycles. The Hall–Kier alpha value is -0.570. The van der Waals surface area contributed by atoms with Crippen molar-refractivity contribution in [2.24, 2.45) is 17.6 Å². The molecule has 0 aromatic rings. The molecule has 2 atom stereocenters. The van der Waals surface area contributed by atoms with Crippen molar-refractivity contribution in [3.8, 4) is 0 Å². The molecular weight excluding hydrogens is 166 g/mol. The summed E-state index contributed by atoms with van der Waals surface area (Å²) in [6.07, 6.45) is 6.08. The zero-order valence-corrected chi connectivity index (χ0v) is 8.20. The highest BCUT2D eigenvalue weighted by Gasteiger charge is 2.28. The van der Waals surface area contributed by atoms with Crippen LogP contribution in [0, 0.1) is 11.8 Å². The lowest BCUT2D eigenvalue weighted by atomic mass is 9.78. The van der Waals surface area contributed by atoms with Crippen molar-refractivity contribution in [1.82, 2.24) is 0 Å². The third-order valence-electron chi connectivity index (χ3n) is 3.25. The number of rotatable bonds is 3. The fraction of sp³-hybridized carbons (Fsp3) is 0.900. The summed E-state index contributed by atoms with van der Waals surface area (Å²) in [4.78, 5) is 10.7. The Morgan fingerprint density at radius 2 is 1.92 bits per heavy atom. The largest absolute Gasteiger partial charge is 0.480 e. The van der Waals surface area contributed by atoms with Crippen molar-refractivity contribution >= 4 is 5.97 Å². The summed E-state index contributed by atoms with van der Waals surface area (Å²) in [5.41, 5.74) is 5.59. The number of carboxylic acids is 1. The lowest BCUT2D eigenvalue weighted by molar-refractivity contribution is -0.140. The Balaban J connectivity index is 2.44. The molecule has 1 aliphatic rings. The molecular formula is C10H19NO2. The molecule has 0 amide bonds. The van der Waals surface area contributed by atoms with Gasteiger partial charge in [0, 0.05) is 0 Å². The Morgan fingerprint density at radius 1 is 1.38 bits per heavy atom. The van der Waals surface area contributed by atoms with Gasteiger partial charge in [0.2, 0.25) is 0 Å². The minimum absolute atomic E-state index is 0.123. The Morgan fingerprint density at radius 3 is 2.38 bits per heavy atom. The minimum Gasteiger partial charge on any atom is -0.480 e. The van der Waals surface area contributed by atoms with E-state index in [4.69, 9.17) is 10.8 Å². The van der Waals surface area contributed by atoms with Crippen LogP contribution >= 0.6 is 0 Å². The van der Waals surface area contributed by atoms with Crippen LogP contribution in [0.25, 0.3) is 0 Å². The van der Waals surface area contributed by atoms with Crippen molar-refractivity contribution < 1.29 is 9.90 Å². The molecule has 0 radical (unpaired) electrons. The monoisotopic (exact) mass is 185 g/mol. The second-order valence-electron chi connectivity index (χ2n) is 4.12. The van der Waals surface area contributed by atoms with E-state index in [2.05, 4.69) is 0 Å². The molecule has 3 heteroatoms. The van der Waals surface area contributed by atoms with Gasteiger partial charge in [-0.2, -0.15) is 0 Å². The van der Waals surface area contributed by atoms with Crippen LogP contribution in [0.5, 0.6) is 0 Å². The maximum absolute atomic E-state index is 10.7. The fourth-order valence-electron chi connectivity index (χ4n) is 2.18. The molecule has 76 valence electrons. The van der Waals surface area contributed by atoms with E-state index in [-0.39, 0.29) is 5.92 Å². The highest BCUT2D eigenvalue weighted by molar-refractivity contribution is 5.73. The first-order valence-electron chi connectivity index (χ1n) is 5.11. The third kappa shape index (κ3) is 2.69. The van der Waals surface area contributed by atoms with E-state index in [1.807, 2.05) is 6.92 Å². The molecule has 1 fully saturated rings. The zero-order chi connectivity index (χ0) is 9.84. The van der Waals surface area contributed by atoms with Crippen molar-refractivity contribution in [2.75, 3.05) is 0 Å². The summed E-state index contributed by atoms with van der Waals surface area (Å²) >= 11 is 0. The van der Waals surface area contributed by atoms with Gasteiger partial charge >= 0.3 is 5.97 Å². The normalized spacial score (nSPS) is 23.8. The first-order chi connectivity index (χ1) is 6.13. The van der Waals surface area contributed by atoms with Gasteiger partial charge in [0.05, 0.1) is 0 Å². The standard InChI is InChI=1S/C10H19NO2/c1-7(9(11)10(12)13)8-5-3-2-4-6-8/h7-9H,2-6,11H2,1H3,(H,12,13)/t7?,9-/m0/s1. The van der Waals surface area contributed by atoms with Gasteiger partial charge in [-0.15, -0.1) is 0 Å². The smallest absolute Gasteiger partial charge is 0.320 e. The van der Waals surface area contributed by atoms with Crippen molar-refractivity contribution in [3.63, 3.8) is 0 Å². The van der Waals surface area contributed by atoms with Gasteiger partial charge in [-0.3, -0.25) is 4.79 Å². The molecule has 1 unspecified atom stereocenters. The number of hydrogen-bond acceptors (Lipinski definition) is 2. The van der Waals surface area contributed by atoms with Crippen LogP contribution in [0.4, 0.5) is 0 Å². The fourth-order valence-corrected chi connectivity index (χ4v) is 2.18. The zero-order valence-electron chi connectivity index (χ0n) is 8.20. The maximum atomic E-state index is 10.7. The Bertz CT molecular complexity index is 176. The molecule has 0 spiro atoms. The molecule has 1 aliphatic carbocycles. The second kappa shape index (κ2) is 4.61. The van der Waals surface area contributed by atoms with Crippen LogP contribution in [0.3, 0.4) is 0 Å². The summed E-state index contributed by atoms with van der Waals surface area (Å²) in [7, 11) is 0. The van der Waals surface area contributed by atoms with Crippen LogP contribution < -0.4 is 5.73 Å². The van der Waals surface area contributed by atoms with E-state index in [0.29, 0.717) is 5.92 Å². The lowest BCUT2D eigenvalue weighted by Gasteiger charge is -2.29. The molecule has 0 aliphatic heterocycles. The van der Waals surface area contributed by atoms with Gasteiger partial charge in [-0.25, -0.2) is 0 Å². The highest BCUT2D eigenvalue weighted by Crippen LogP contribution is 2.30. The van der Waals surface area contributed by atoms with Crippen LogP contribution in [0.2, 0.25) is 0 Å². The third-order valence-corrected chi connectivity index (χ3v) is 3.25. The number of carbonyl (C=O) groups is 1. The summed E-state index contributed by atoms with van der Waals surface area (Å²) in [6, 6.07) is -0.678. The van der Waals surface area contributed by atoms with E-state index < -0.39 is 12.0 Å². The number of aliphatic carboxylic acids is 1. The van der Waals surface area contributed by atoms with Crippen LogP contribution in [0.15, 0.2) is 0 Å². The predicted octanol–water partition coefficient (Wildman–Crippen LogP) is 1.61. The summed E-state index contributed by atoms with van der Waals surface area (Å²) in [5.74, 6) is -0.212. The highest BCUT2D eigenvalue weighted by atomic mass is 16.4. The van der Waals surface area contributed by atoms with Crippen LogP contribution in [-0.4, -0.2) is 17.1 Å². The summed E-state index contributed by atoms with van der Waals surface area (Å²) in [6.45, 7) is 1.97. The topological polar surface area (TPSA) is 63.3 Å². The van der Waals surface area contributed by atoms with E-state index in [1.165, 1.54) is 19.3 Å². The SMILES string of the molecule is CC(C1CCCCC1)[C@H](N)C(=O)O. The molecule has 0 bridgehead atoms. The number of hydrogen-bond donors (Lipinski definition) is 2. The van der Waals surface area contributed by atoms with Crippen molar-refractivity contribution in [1.29, 1.82) is 0 Å². The van der Waals surface area contributed by atoms with Gasteiger partial charge in [0.15, 0.2) is 0 Å². The van der Waals surface area contributed by atoms with Gasteiger partial charge in [-0.1, -0.05) is 39.0 Å². The van der Waals surface area contributed by atoms with Crippen molar-refractivity contribution in [2.45, 2.75) is 45.1 Å². The van der Waals surface area contributed by atoms with Gasteiger partial charge in [0.1, 0.15) is 6.04 Å². The molecule has 13 heavy (non-hydrogen) atoms. The van der Waals surface area contributed by atoms with Crippen LogP contribution in [-0.2, 0) is 4.79 Å². The number of nitrogens with two attached hydrogens (primary N) is 1. The molecule has 0 saturated heterocycles. The lowest BCUT2D eigenvalue weighted by Crippen LogP contribution is -2.40. The van der Waals surface area contributed by atoms with E-state index in [1.54, 1.807) is 0 Å². The molecule has 3 nitrogen and oxygen atoms in total. The molecule has 1 rings (SSSR count). The van der Waals surface area contributed by atoms with Crippen LogP contribution in [0.1, 0.15) is 39.0 Å². The first kappa shape index (κ1) is 10.5. The van der Waals surface area contributed by atoms with E-state index in [9.17, 15) is 4.79 Å². The predicted molar refractivity (Wildman–Crippen MR) is 51.4 cm³/mol. The molecule has 3 N–H and O–H groups in total. The Labute approximate surface area is 79.3 Å². The van der Waals surface area contributed by atoms with Gasteiger partial charge in [-0.05, 0) is 11.8 Å². The molecule has 0 aromatic heterocycles. The molecule has 1 saturated carbocycles. The van der Waals surface area contributed by atoms with Crippen molar-refractivity contribution in [3.05, 3.63) is 0 Å². The quantitative estimate of drug-likeness (QED) is 0.702. The summed E-state index contributed by atoms with van der Waals surface area (Å²) in [5, 5.41) is 8.76. The van der Waals surface area contributed by atoms with Gasteiger partial charge < -0.3 is 10.8 Å². The van der Waals surface area contributed by atoms with E-state index >= 15 is 0 Å². The average molecular weight is 185 g/mol. The van der Waals surface area contributed by atoms with E-state index in [0.717, 1.165) is 12.8 Å². The Kier molecular flexibility index (Phi) is 3.72. The summed E-state index contributed by atoms with van der Waals surface area (Å²) < 4.78 is 0. The second-order valence-corrected chi connectivity index (χ2v) is 4.12. The van der Waals surface area contributed by atoms with Gasteiger partial charge in [0.25, 0.3) is 0 Å². The first-order valence-corrected chi connectivity index (χ1v) is 5.11. The minimum atomic E-state index is -0.863. The maximum Gasteiger partial charge on any atom is 0.320 e. The molecule has 0 aromatic carbocycles. The average Bonchev–Trinajstić information content (AvgIpc) is 2.17. The number of carboxylic acid groups (broad SMARTS) is 1.